The van der Waals surface area contributed by atoms with Crippen molar-refractivity contribution in [3.05, 3.63) is 35.1 Å². The summed E-state index contributed by atoms with van der Waals surface area (Å²) < 4.78 is 20.1. The summed E-state index contributed by atoms with van der Waals surface area (Å²) >= 11 is 0. The van der Waals surface area contributed by atoms with Crippen molar-refractivity contribution in [3.63, 3.8) is 0 Å². The Bertz CT molecular complexity index is 482. The Balaban J connectivity index is 1.79. The van der Waals surface area contributed by atoms with Gasteiger partial charge in [0.15, 0.2) is 0 Å². The molecule has 20 heavy (non-hydrogen) atoms. The fourth-order valence-corrected chi connectivity index (χ4v) is 3.91. The van der Waals surface area contributed by atoms with Gasteiger partial charge in [0.1, 0.15) is 5.82 Å². The fraction of sp³-hybridized carbons (Fsp3) is 0.647. The molecule has 1 aromatic carbocycles. The number of hydrogen-bond acceptors (Lipinski definition) is 2. The van der Waals surface area contributed by atoms with E-state index in [1.807, 2.05) is 13.0 Å². The average molecular weight is 277 g/mol. The lowest BCUT2D eigenvalue weighted by atomic mass is 9.78. The Morgan fingerprint density at radius 3 is 2.85 bits per heavy atom. The maximum absolute atomic E-state index is 14.0. The molecular formula is C17H24FNO. The first kappa shape index (κ1) is 14.0. The molecule has 1 aromatic rings. The lowest BCUT2D eigenvalue weighted by Crippen LogP contribution is -2.40. The summed E-state index contributed by atoms with van der Waals surface area (Å²) in [5.41, 5.74) is 8.18. The monoisotopic (exact) mass is 277 g/mol. The van der Waals surface area contributed by atoms with Crippen molar-refractivity contribution in [2.45, 2.75) is 57.1 Å². The van der Waals surface area contributed by atoms with Crippen molar-refractivity contribution in [3.8, 4) is 0 Å². The van der Waals surface area contributed by atoms with E-state index < -0.39 is 0 Å². The zero-order valence-corrected chi connectivity index (χ0v) is 12.2. The minimum absolute atomic E-state index is 0.0425. The van der Waals surface area contributed by atoms with E-state index in [9.17, 15) is 4.39 Å². The fourth-order valence-electron chi connectivity index (χ4n) is 3.91. The number of benzene rings is 1. The molecule has 1 saturated heterocycles. The molecule has 1 aliphatic carbocycles. The van der Waals surface area contributed by atoms with E-state index in [1.165, 1.54) is 18.9 Å². The van der Waals surface area contributed by atoms with Gasteiger partial charge in [-0.05, 0) is 44.6 Å². The van der Waals surface area contributed by atoms with Gasteiger partial charge in [-0.1, -0.05) is 30.5 Å². The molecule has 0 radical (unpaired) electrons. The van der Waals surface area contributed by atoms with E-state index in [-0.39, 0.29) is 17.5 Å². The predicted octanol–water partition coefficient (Wildman–Crippen LogP) is 3.87. The highest BCUT2D eigenvalue weighted by Gasteiger charge is 2.41. The molecule has 1 aliphatic heterocycles. The third-order valence-corrected chi connectivity index (χ3v) is 5.06. The van der Waals surface area contributed by atoms with Gasteiger partial charge in [-0.25, -0.2) is 4.39 Å². The maximum atomic E-state index is 14.0. The van der Waals surface area contributed by atoms with Gasteiger partial charge in [-0.15, -0.1) is 0 Å². The lowest BCUT2D eigenvalue weighted by molar-refractivity contribution is -0.0965. The first-order chi connectivity index (χ1) is 9.60. The lowest BCUT2D eigenvalue weighted by Gasteiger charge is -2.40. The molecule has 2 unspecified atom stereocenters. The number of ether oxygens (including phenoxy) is 1. The summed E-state index contributed by atoms with van der Waals surface area (Å²) in [5.74, 6) is 0.160. The third-order valence-electron chi connectivity index (χ3n) is 5.06. The third kappa shape index (κ3) is 2.61. The molecule has 2 fully saturated rings. The molecule has 2 nitrogen and oxygen atoms in total. The summed E-state index contributed by atoms with van der Waals surface area (Å²) in [4.78, 5) is 0. The Kier molecular flexibility index (Phi) is 3.83. The normalized spacial score (nSPS) is 26.9. The van der Waals surface area contributed by atoms with Gasteiger partial charge in [-0.2, -0.15) is 0 Å². The van der Waals surface area contributed by atoms with Crippen LogP contribution in [0.4, 0.5) is 4.39 Å². The number of rotatable bonds is 2. The van der Waals surface area contributed by atoms with Crippen LogP contribution in [-0.2, 0) is 4.74 Å². The average Bonchev–Trinajstić information content (AvgIpc) is 2.88. The quantitative estimate of drug-likeness (QED) is 0.890. The van der Waals surface area contributed by atoms with E-state index in [0.717, 1.165) is 37.9 Å². The Hall–Kier alpha value is -0.930. The zero-order valence-electron chi connectivity index (χ0n) is 12.2. The second kappa shape index (κ2) is 5.45. The minimum atomic E-state index is -0.212. The molecule has 2 atom stereocenters. The second-order valence-electron chi connectivity index (χ2n) is 6.54. The van der Waals surface area contributed by atoms with E-state index in [1.54, 1.807) is 6.07 Å². The van der Waals surface area contributed by atoms with E-state index >= 15 is 0 Å². The van der Waals surface area contributed by atoms with Crippen molar-refractivity contribution in [1.29, 1.82) is 0 Å². The first-order valence-electron chi connectivity index (χ1n) is 7.75. The molecule has 2 aliphatic rings. The first-order valence-corrected chi connectivity index (χ1v) is 7.75. The van der Waals surface area contributed by atoms with E-state index in [2.05, 4.69) is 0 Å². The highest BCUT2D eigenvalue weighted by atomic mass is 19.1. The van der Waals surface area contributed by atoms with Crippen LogP contribution in [0, 0.1) is 18.7 Å². The molecule has 0 bridgehead atoms. The van der Waals surface area contributed by atoms with Crippen LogP contribution in [0.1, 0.15) is 55.7 Å². The van der Waals surface area contributed by atoms with Gasteiger partial charge in [0.2, 0.25) is 0 Å². The van der Waals surface area contributed by atoms with Crippen molar-refractivity contribution >= 4 is 0 Å². The van der Waals surface area contributed by atoms with Crippen LogP contribution >= 0.6 is 0 Å². The van der Waals surface area contributed by atoms with Gasteiger partial charge >= 0.3 is 0 Å². The topological polar surface area (TPSA) is 35.2 Å². The number of hydrogen-bond donors (Lipinski definition) is 1. The largest absolute Gasteiger partial charge is 0.375 e. The van der Waals surface area contributed by atoms with Crippen LogP contribution in [0.5, 0.6) is 0 Å². The van der Waals surface area contributed by atoms with Crippen LogP contribution < -0.4 is 5.73 Å². The summed E-state index contributed by atoms with van der Waals surface area (Å²) in [6.07, 6.45) is 6.72. The van der Waals surface area contributed by atoms with E-state index in [0.29, 0.717) is 11.5 Å². The van der Waals surface area contributed by atoms with Crippen molar-refractivity contribution in [1.82, 2.24) is 0 Å². The number of aryl methyl sites for hydroxylation is 1. The molecule has 110 valence electrons. The van der Waals surface area contributed by atoms with Crippen LogP contribution in [0.15, 0.2) is 18.2 Å². The molecule has 1 saturated carbocycles. The van der Waals surface area contributed by atoms with Crippen molar-refractivity contribution in [2.75, 3.05) is 6.61 Å². The SMILES string of the molecule is Cc1ccc(F)c(C(N)C2CCOC3(CCCC3)C2)c1. The molecule has 0 amide bonds. The highest BCUT2D eigenvalue weighted by molar-refractivity contribution is 5.27. The standard InChI is InChI=1S/C17H24FNO/c1-12-4-5-15(18)14(10-12)16(19)13-6-9-20-17(11-13)7-2-3-8-17/h4-5,10,13,16H,2-3,6-9,11,19H2,1H3. The minimum Gasteiger partial charge on any atom is -0.375 e. The molecule has 0 aromatic heterocycles. The van der Waals surface area contributed by atoms with Crippen LogP contribution in [-0.4, -0.2) is 12.2 Å². The Labute approximate surface area is 120 Å². The zero-order chi connectivity index (χ0) is 14.2. The Morgan fingerprint density at radius 1 is 1.35 bits per heavy atom. The number of nitrogens with two attached hydrogens (primary N) is 1. The molecule has 1 spiro atoms. The summed E-state index contributed by atoms with van der Waals surface area (Å²) in [7, 11) is 0. The Morgan fingerprint density at radius 2 is 2.10 bits per heavy atom. The molecular weight excluding hydrogens is 253 g/mol. The van der Waals surface area contributed by atoms with Crippen LogP contribution in [0.2, 0.25) is 0 Å². The maximum Gasteiger partial charge on any atom is 0.127 e. The highest BCUT2D eigenvalue weighted by Crippen LogP contribution is 2.45. The van der Waals surface area contributed by atoms with Gasteiger partial charge < -0.3 is 10.5 Å². The van der Waals surface area contributed by atoms with Crippen LogP contribution in [0.3, 0.4) is 0 Å². The summed E-state index contributed by atoms with van der Waals surface area (Å²) in [6, 6.07) is 5.02. The predicted molar refractivity (Wildman–Crippen MR) is 77.9 cm³/mol. The second-order valence-corrected chi connectivity index (χ2v) is 6.54. The summed E-state index contributed by atoms with van der Waals surface area (Å²) in [5, 5.41) is 0. The molecule has 3 heteroatoms. The van der Waals surface area contributed by atoms with Gasteiger partial charge in [0.05, 0.1) is 5.60 Å². The van der Waals surface area contributed by atoms with Gasteiger partial charge in [0, 0.05) is 18.2 Å². The molecule has 1 heterocycles. The number of halogens is 1. The van der Waals surface area contributed by atoms with Crippen LogP contribution in [0.25, 0.3) is 0 Å². The summed E-state index contributed by atoms with van der Waals surface area (Å²) in [6.45, 7) is 2.75. The van der Waals surface area contributed by atoms with Gasteiger partial charge in [0.25, 0.3) is 0 Å². The smallest absolute Gasteiger partial charge is 0.127 e. The molecule has 3 rings (SSSR count). The van der Waals surface area contributed by atoms with Gasteiger partial charge in [-0.3, -0.25) is 0 Å². The van der Waals surface area contributed by atoms with Crippen molar-refractivity contribution < 1.29 is 9.13 Å². The van der Waals surface area contributed by atoms with Crippen molar-refractivity contribution in [2.24, 2.45) is 11.7 Å². The van der Waals surface area contributed by atoms with E-state index in [4.69, 9.17) is 10.5 Å². The molecule has 2 N–H and O–H groups in total.